The Morgan fingerprint density at radius 3 is 1.23 bits per heavy atom. The maximum atomic E-state index is 10.3. The molecule has 0 bridgehead atoms. The Morgan fingerprint density at radius 2 is 0.839 bits per heavy atom. The summed E-state index contributed by atoms with van der Waals surface area (Å²) in [5.41, 5.74) is 0. The monoisotopic (exact) mass is 479 g/mol. The van der Waals surface area contributed by atoms with Gasteiger partial charge in [-0.3, -0.25) is 4.55 Å². The smallest absolute Gasteiger partial charge is 0.379 e. The molecule has 0 heterocycles. The van der Waals surface area contributed by atoms with Crippen LogP contribution < -0.4 is 29.6 Å². The number of hydrogen-bond donors (Lipinski definition) is 1. The molecule has 0 atom stereocenters. The van der Waals surface area contributed by atoms with E-state index in [0.29, 0.717) is 39.6 Å². The molecule has 0 rings (SSSR count). The van der Waals surface area contributed by atoms with Gasteiger partial charge in [0.1, 0.15) is 0 Å². The average Bonchev–Trinajstić information content (AvgIpc) is 2.70. The molecule has 0 aliphatic carbocycles. The third-order valence-electron chi connectivity index (χ3n) is 4.47. The van der Waals surface area contributed by atoms with E-state index >= 15 is 0 Å². The first-order chi connectivity index (χ1) is 14.6. The summed E-state index contributed by atoms with van der Waals surface area (Å²) >= 11 is 0. The van der Waals surface area contributed by atoms with Crippen molar-refractivity contribution >= 4 is 10.4 Å². The molecule has 1 N–H and O–H groups in total. The van der Waals surface area contributed by atoms with Gasteiger partial charge in [-0.15, -0.1) is 0 Å². The van der Waals surface area contributed by atoms with Crippen molar-refractivity contribution in [3.63, 3.8) is 0 Å². The normalized spacial score (nSPS) is 11.5. The number of rotatable bonds is 25. The van der Waals surface area contributed by atoms with Gasteiger partial charge in [-0.05, 0) is 6.42 Å². The quantitative estimate of drug-likeness (QED) is 0.118. The Balaban J connectivity index is 0. The van der Waals surface area contributed by atoms with Gasteiger partial charge in [-0.2, -0.15) is 8.42 Å². The van der Waals surface area contributed by atoms with Gasteiger partial charge in [0, 0.05) is 6.61 Å². The maximum absolute atomic E-state index is 10.3. The van der Waals surface area contributed by atoms with Gasteiger partial charge < -0.3 is 18.9 Å². The molecule has 0 saturated heterocycles. The molecule has 0 spiro atoms. The fraction of sp³-hybridized carbons (Fsp3) is 1.00. The van der Waals surface area contributed by atoms with Crippen LogP contribution in [0.5, 0.6) is 0 Å². The van der Waals surface area contributed by atoms with Crippen LogP contribution in [0.2, 0.25) is 0 Å². The molecule has 182 valence electrons. The predicted molar refractivity (Wildman–Crippen MR) is 117 cm³/mol. The minimum Gasteiger partial charge on any atom is -0.379 e. The van der Waals surface area contributed by atoms with E-state index in [2.05, 4.69) is 11.1 Å². The van der Waals surface area contributed by atoms with Crippen molar-refractivity contribution < 1.29 is 65.7 Å². The van der Waals surface area contributed by atoms with E-state index in [1.807, 2.05) is 0 Å². The Bertz CT molecular complexity index is 437. The Labute approximate surface area is 212 Å². The minimum absolute atomic E-state index is 0. The fourth-order valence-electron chi connectivity index (χ4n) is 2.83. The molecule has 0 aliphatic heterocycles. The summed E-state index contributed by atoms with van der Waals surface area (Å²) in [7, 11) is -4.39. The molecule has 0 fully saturated rings. The first-order valence-corrected chi connectivity index (χ1v) is 12.9. The van der Waals surface area contributed by atoms with E-state index in [9.17, 15) is 8.42 Å². The van der Waals surface area contributed by atoms with Crippen molar-refractivity contribution in [1.82, 2.24) is 0 Å². The van der Waals surface area contributed by atoms with E-state index in [1.54, 1.807) is 0 Å². The minimum atomic E-state index is -4.39. The molecule has 0 aromatic heterocycles. The number of ether oxygens (including phenoxy) is 4. The summed E-state index contributed by atoms with van der Waals surface area (Å²) in [6, 6.07) is 0. The van der Waals surface area contributed by atoms with Crippen molar-refractivity contribution in [2.24, 2.45) is 0 Å². The Kier molecular flexibility index (Phi) is 29.5. The van der Waals surface area contributed by atoms with Crippen LogP contribution in [0.15, 0.2) is 0 Å². The molecule has 0 radical (unpaired) electrons. The fourth-order valence-corrected chi connectivity index (χ4v) is 3.11. The zero-order valence-corrected chi connectivity index (χ0v) is 22.7. The molecule has 0 amide bonds. The third kappa shape index (κ3) is 33.0. The summed E-state index contributed by atoms with van der Waals surface area (Å²) < 4.78 is 54.4. The zero-order valence-electron chi connectivity index (χ0n) is 19.9. The van der Waals surface area contributed by atoms with Gasteiger partial charge >= 0.3 is 40.0 Å². The second kappa shape index (κ2) is 27.0. The first-order valence-electron chi connectivity index (χ1n) is 11.5. The second-order valence-electron chi connectivity index (χ2n) is 7.23. The van der Waals surface area contributed by atoms with Crippen LogP contribution in [0.1, 0.15) is 77.6 Å². The van der Waals surface area contributed by atoms with E-state index in [0.717, 1.165) is 13.0 Å². The van der Waals surface area contributed by atoms with Crippen molar-refractivity contribution in [2.45, 2.75) is 77.6 Å². The van der Waals surface area contributed by atoms with Crippen LogP contribution in [-0.4, -0.2) is 72.4 Å². The van der Waals surface area contributed by atoms with Crippen molar-refractivity contribution in [3.8, 4) is 0 Å². The second-order valence-corrected chi connectivity index (χ2v) is 8.33. The molecule has 31 heavy (non-hydrogen) atoms. The molecule has 0 aromatic rings. The van der Waals surface area contributed by atoms with Gasteiger partial charge in [0.15, 0.2) is 0 Å². The van der Waals surface area contributed by atoms with Gasteiger partial charge in [0.25, 0.3) is 0 Å². The molecular weight excluding hydrogens is 435 g/mol. The van der Waals surface area contributed by atoms with Gasteiger partial charge in [-0.25, -0.2) is 4.18 Å². The molecule has 0 unspecified atom stereocenters. The van der Waals surface area contributed by atoms with E-state index in [1.165, 1.54) is 64.2 Å². The molecule has 10 heteroatoms. The third-order valence-corrected chi connectivity index (χ3v) is 4.93. The summed E-state index contributed by atoms with van der Waals surface area (Å²) in [5, 5.41) is 0. The van der Waals surface area contributed by atoms with E-state index < -0.39 is 10.4 Å². The largest absolute Gasteiger partial charge is 1.00 e. The van der Waals surface area contributed by atoms with Crippen molar-refractivity contribution in [2.75, 3.05) is 59.5 Å². The predicted octanol–water partition coefficient (Wildman–Crippen LogP) is 1.19. The molecule has 0 saturated carbocycles. The molecule has 8 nitrogen and oxygen atoms in total. The van der Waals surface area contributed by atoms with Gasteiger partial charge in [-0.1, -0.05) is 71.1 Å². The maximum Gasteiger partial charge on any atom is 1.00 e. The zero-order chi connectivity index (χ0) is 22.2. The summed E-state index contributed by atoms with van der Waals surface area (Å²) in [6.45, 7) is 5.72. The molecular formula is C21H44NaO8S+. The first kappa shape index (κ1) is 33.9. The van der Waals surface area contributed by atoms with Crippen molar-refractivity contribution in [1.29, 1.82) is 0 Å². The Hall–Kier alpha value is 0.710. The average molecular weight is 480 g/mol. The molecule has 0 aromatic carbocycles. The van der Waals surface area contributed by atoms with Crippen LogP contribution in [0.4, 0.5) is 0 Å². The SMILES string of the molecule is CCCCCCCCCCCCCOCCOCCOCCOCCOS(=O)(=O)O.[Na+]. The van der Waals surface area contributed by atoms with Crippen molar-refractivity contribution in [3.05, 3.63) is 0 Å². The topological polar surface area (TPSA) is 101 Å². The van der Waals surface area contributed by atoms with Crippen LogP contribution >= 0.6 is 0 Å². The Morgan fingerprint density at radius 1 is 0.516 bits per heavy atom. The van der Waals surface area contributed by atoms with Gasteiger partial charge in [0.2, 0.25) is 0 Å². The summed E-state index contributed by atoms with van der Waals surface area (Å²) in [4.78, 5) is 0. The molecule has 0 aliphatic rings. The van der Waals surface area contributed by atoms with E-state index in [-0.39, 0.29) is 42.8 Å². The summed E-state index contributed by atoms with van der Waals surface area (Å²) in [6.07, 6.45) is 14.7. The van der Waals surface area contributed by atoms with E-state index in [4.69, 9.17) is 23.5 Å². The standard InChI is InChI=1S/C21H44O8S.Na/c1-2-3-4-5-6-7-8-9-10-11-12-13-25-14-15-26-16-17-27-18-19-28-20-21-29-30(22,23)24;/h2-21H2,1H3,(H,22,23,24);/q;+1. The summed E-state index contributed by atoms with van der Waals surface area (Å²) in [5.74, 6) is 0. The van der Waals surface area contributed by atoms with Crippen LogP contribution in [0, 0.1) is 0 Å². The van der Waals surface area contributed by atoms with Crippen LogP contribution in [0.25, 0.3) is 0 Å². The van der Waals surface area contributed by atoms with Crippen LogP contribution in [-0.2, 0) is 33.5 Å². The van der Waals surface area contributed by atoms with Crippen LogP contribution in [0.3, 0.4) is 0 Å². The number of unbranched alkanes of at least 4 members (excludes halogenated alkanes) is 10. The van der Waals surface area contributed by atoms with Gasteiger partial charge in [0.05, 0.1) is 52.9 Å². The number of hydrogen-bond acceptors (Lipinski definition) is 7.